The fourth-order valence-corrected chi connectivity index (χ4v) is 1.97. The number of rotatable bonds is 6. The van der Waals surface area contributed by atoms with E-state index in [1.54, 1.807) is 20.8 Å². The minimum atomic E-state index is -4.79. The Morgan fingerprint density at radius 1 is 1.16 bits per heavy atom. The second kappa shape index (κ2) is 8.09. The second-order valence-corrected chi connectivity index (χ2v) is 6.34. The van der Waals surface area contributed by atoms with E-state index in [1.165, 1.54) is 12.1 Å². The number of aliphatic carboxylic acids is 1. The minimum Gasteiger partial charge on any atom is -0.481 e. The molecule has 0 heterocycles. The number of carboxylic acids is 1. The molecular weight excluding hydrogens is 343 g/mol. The Kier molecular flexibility index (Phi) is 6.66. The van der Waals surface area contributed by atoms with Gasteiger partial charge in [0.15, 0.2) is 0 Å². The predicted molar refractivity (Wildman–Crippen MR) is 82.2 cm³/mol. The lowest BCUT2D eigenvalue weighted by Gasteiger charge is -2.23. The number of halogens is 3. The average molecular weight is 363 g/mol. The van der Waals surface area contributed by atoms with Crippen molar-refractivity contribution in [3.05, 3.63) is 29.8 Å². The number of carboxylic acid groups (broad SMARTS) is 1. The topological polar surface area (TPSA) is 84.9 Å². The lowest BCUT2D eigenvalue weighted by molar-refractivity contribution is -0.274. The molecule has 1 atom stereocenters. The highest BCUT2D eigenvalue weighted by Gasteiger charge is 2.31. The summed E-state index contributed by atoms with van der Waals surface area (Å²) in [4.78, 5) is 22.7. The van der Waals surface area contributed by atoms with Crippen molar-refractivity contribution in [1.82, 2.24) is 5.32 Å². The van der Waals surface area contributed by atoms with Crippen LogP contribution in [0.2, 0.25) is 0 Å². The van der Waals surface area contributed by atoms with Gasteiger partial charge in [-0.1, -0.05) is 12.1 Å². The first kappa shape index (κ1) is 20.6. The van der Waals surface area contributed by atoms with Crippen molar-refractivity contribution < 1.29 is 37.3 Å². The van der Waals surface area contributed by atoms with Crippen molar-refractivity contribution >= 4 is 12.1 Å². The van der Waals surface area contributed by atoms with Gasteiger partial charge >= 0.3 is 18.4 Å². The van der Waals surface area contributed by atoms with E-state index in [1.807, 2.05) is 0 Å². The van der Waals surface area contributed by atoms with Crippen LogP contribution in [0.1, 0.15) is 32.8 Å². The summed E-state index contributed by atoms with van der Waals surface area (Å²) >= 11 is 0. The first-order valence-corrected chi connectivity index (χ1v) is 7.40. The van der Waals surface area contributed by atoms with Crippen molar-refractivity contribution in [2.24, 2.45) is 0 Å². The third kappa shape index (κ3) is 9.43. The molecule has 0 aliphatic heterocycles. The van der Waals surface area contributed by atoms with E-state index < -0.39 is 30.1 Å². The molecule has 0 spiro atoms. The second-order valence-electron chi connectivity index (χ2n) is 6.34. The Morgan fingerprint density at radius 3 is 2.16 bits per heavy atom. The Balaban J connectivity index is 2.74. The summed E-state index contributed by atoms with van der Waals surface area (Å²) in [5.41, 5.74) is -0.203. The SMILES string of the molecule is CC(C)(C)OC(=O)NC(CC(=O)O)Cc1ccc(OC(F)(F)F)cc1. The van der Waals surface area contributed by atoms with Gasteiger partial charge in [0.25, 0.3) is 0 Å². The smallest absolute Gasteiger partial charge is 0.481 e. The quantitative estimate of drug-likeness (QED) is 0.808. The maximum Gasteiger partial charge on any atom is 0.573 e. The monoisotopic (exact) mass is 363 g/mol. The van der Waals surface area contributed by atoms with Crippen LogP contribution >= 0.6 is 0 Å². The van der Waals surface area contributed by atoms with Crippen LogP contribution in [0.3, 0.4) is 0 Å². The van der Waals surface area contributed by atoms with Gasteiger partial charge in [0.1, 0.15) is 11.4 Å². The van der Waals surface area contributed by atoms with E-state index in [4.69, 9.17) is 9.84 Å². The minimum absolute atomic E-state index is 0.109. The molecule has 1 aromatic carbocycles. The van der Waals surface area contributed by atoms with Crippen molar-refractivity contribution in [3.8, 4) is 5.75 Å². The normalized spacial score (nSPS) is 13.0. The van der Waals surface area contributed by atoms with Crippen molar-refractivity contribution in [2.75, 3.05) is 0 Å². The molecule has 0 bridgehead atoms. The standard InChI is InChI=1S/C16H20F3NO5/c1-15(2,3)25-14(23)20-11(9-13(21)22)8-10-4-6-12(7-5-10)24-16(17,18)19/h4-7,11H,8-9H2,1-3H3,(H,20,23)(H,21,22). The number of carbonyl (C=O) groups excluding carboxylic acids is 1. The fourth-order valence-electron chi connectivity index (χ4n) is 1.97. The molecule has 0 saturated carbocycles. The third-order valence-electron chi connectivity index (χ3n) is 2.78. The highest BCUT2D eigenvalue weighted by Crippen LogP contribution is 2.23. The molecule has 1 rings (SSSR count). The number of alkyl carbamates (subject to hydrolysis) is 1. The number of amides is 1. The van der Waals surface area contributed by atoms with Crippen LogP contribution in [0.15, 0.2) is 24.3 Å². The molecule has 1 unspecified atom stereocenters. The van der Waals surface area contributed by atoms with Crippen LogP contribution in [0, 0.1) is 0 Å². The van der Waals surface area contributed by atoms with Crippen LogP contribution in [0.25, 0.3) is 0 Å². The van der Waals surface area contributed by atoms with Gasteiger partial charge in [-0.15, -0.1) is 13.2 Å². The van der Waals surface area contributed by atoms with Crippen molar-refractivity contribution in [3.63, 3.8) is 0 Å². The van der Waals surface area contributed by atoms with Gasteiger partial charge in [-0.3, -0.25) is 4.79 Å². The summed E-state index contributed by atoms with van der Waals surface area (Å²) in [5.74, 6) is -1.51. The summed E-state index contributed by atoms with van der Waals surface area (Å²) in [6.45, 7) is 4.99. The number of benzene rings is 1. The molecule has 2 N–H and O–H groups in total. The summed E-state index contributed by atoms with van der Waals surface area (Å²) in [6.07, 6.45) is -5.81. The number of carbonyl (C=O) groups is 2. The first-order chi connectivity index (χ1) is 11.3. The highest BCUT2D eigenvalue weighted by molar-refractivity contribution is 5.71. The number of nitrogens with one attached hydrogen (secondary N) is 1. The maximum absolute atomic E-state index is 12.1. The zero-order chi connectivity index (χ0) is 19.3. The summed E-state index contributed by atoms with van der Waals surface area (Å²) in [7, 11) is 0. The van der Waals surface area contributed by atoms with Gasteiger partial charge in [0.05, 0.1) is 6.42 Å². The van der Waals surface area contributed by atoms with Gasteiger partial charge in [0.2, 0.25) is 0 Å². The molecule has 1 amide bonds. The highest BCUT2D eigenvalue weighted by atomic mass is 19.4. The van der Waals surface area contributed by atoms with E-state index in [0.29, 0.717) is 5.56 Å². The molecule has 0 saturated heterocycles. The fraction of sp³-hybridized carbons (Fsp3) is 0.500. The molecule has 0 fully saturated rings. The molecule has 6 nitrogen and oxygen atoms in total. The molecule has 0 radical (unpaired) electrons. The molecule has 1 aromatic rings. The van der Waals surface area contributed by atoms with Crippen LogP contribution < -0.4 is 10.1 Å². The zero-order valence-corrected chi connectivity index (χ0v) is 14.0. The van der Waals surface area contributed by atoms with Gasteiger partial charge < -0.3 is 19.9 Å². The maximum atomic E-state index is 12.1. The van der Waals surface area contributed by atoms with E-state index in [2.05, 4.69) is 10.1 Å². The number of hydrogen-bond acceptors (Lipinski definition) is 4. The third-order valence-corrected chi connectivity index (χ3v) is 2.78. The van der Waals surface area contributed by atoms with E-state index in [0.717, 1.165) is 12.1 Å². The summed E-state index contributed by atoms with van der Waals surface area (Å²) in [5, 5.41) is 11.4. The molecule has 140 valence electrons. The van der Waals surface area contributed by atoms with Crippen molar-refractivity contribution in [1.29, 1.82) is 0 Å². The Hall–Kier alpha value is -2.45. The van der Waals surface area contributed by atoms with Crippen molar-refractivity contribution in [2.45, 2.75) is 51.6 Å². The number of ether oxygens (including phenoxy) is 2. The van der Waals surface area contributed by atoms with E-state index in [9.17, 15) is 22.8 Å². The van der Waals surface area contributed by atoms with Crippen LogP contribution in [-0.2, 0) is 16.0 Å². The molecular formula is C16H20F3NO5. The van der Waals surface area contributed by atoms with Gasteiger partial charge in [0, 0.05) is 6.04 Å². The average Bonchev–Trinajstić information content (AvgIpc) is 2.36. The molecule has 9 heteroatoms. The van der Waals surface area contributed by atoms with Crippen LogP contribution in [-0.4, -0.2) is 35.2 Å². The van der Waals surface area contributed by atoms with Gasteiger partial charge in [-0.2, -0.15) is 0 Å². The Bertz CT molecular complexity index is 593. The number of alkyl halides is 3. The lowest BCUT2D eigenvalue weighted by Crippen LogP contribution is -2.41. The zero-order valence-electron chi connectivity index (χ0n) is 14.0. The van der Waals surface area contributed by atoms with E-state index >= 15 is 0 Å². The largest absolute Gasteiger partial charge is 0.573 e. The molecule has 0 aliphatic rings. The summed E-state index contributed by atoms with van der Waals surface area (Å²) < 4.78 is 45.2. The predicted octanol–water partition coefficient (Wildman–Crippen LogP) is 3.50. The van der Waals surface area contributed by atoms with Crippen LogP contribution in [0.4, 0.5) is 18.0 Å². The van der Waals surface area contributed by atoms with Gasteiger partial charge in [-0.05, 0) is 44.9 Å². The molecule has 25 heavy (non-hydrogen) atoms. The first-order valence-electron chi connectivity index (χ1n) is 7.40. The molecule has 0 aliphatic carbocycles. The van der Waals surface area contributed by atoms with Gasteiger partial charge in [-0.25, -0.2) is 4.79 Å². The van der Waals surface area contributed by atoms with E-state index in [-0.39, 0.29) is 18.6 Å². The molecule has 0 aromatic heterocycles. The number of hydrogen-bond donors (Lipinski definition) is 2. The Morgan fingerprint density at radius 2 is 1.72 bits per heavy atom. The lowest BCUT2D eigenvalue weighted by atomic mass is 10.0. The Labute approximate surface area is 142 Å². The van der Waals surface area contributed by atoms with Crippen LogP contribution in [0.5, 0.6) is 5.75 Å². The summed E-state index contributed by atoms with van der Waals surface area (Å²) in [6, 6.07) is 4.20.